The number of piperidine rings is 1. The summed E-state index contributed by atoms with van der Waals surface area (Å²) in [6.45, 7) is 3.23. The zero-order chi connectivity index (χ0) is 13.8. The third-order valence-corrected chi connectivity index (χ3v) is 4.86. The van der Waals surface area contributed by atoms with E-state index < -0.39 is 0 Å². The number of thiazole rings is 1. The zero-order valence-electron chi connectivity index (χ0n) is 12.3. The molecule has 1 fully saturated rings. The molecule has 5 heteroatoms. The van der Waals surface area contributed by atoms with E-state index in [1.807, 2.05) is 6.07 Å². The Morgan fingerprint density at radius 2 is 1.95 bits per heavy atom. The van der Waals surface area contributed by atoms with Crippen LogP contribution in [0.25, 0.3) is 10.6 Å². The first-order valence-corrected chi connectivity index (χ1v) is 8.11. The minimum Gasteiger partial charge on any atom is -0.317 e. The molecule has 0 unspecified atom stereocenters. The second-order valence-corrected chi connectivity index (χ2v) is 6.26. The molecule has 1 N–H and O–H groups in total. The first kappa shape index (κ1) is 16.4. The second-order valence-electron chi connectivity index (χ2n) is 5.41. The fourth-order valence-corrected chi connectivity index (χ4v) is 3.54. The average Bonchev–Trinajstić information content (AvgIpc) is 2.97. The number of rotatable bonds is 4. The molecular weight excluding hydrogens is 302 g/mol. The molecule has 1 saturated heterocycles. The van der Waals surface area contributed by atoms with Crippen molar-refractivity contribution in [3.05, 3.63) is 41.4 Å². The van der Waals surface area contributed by atoms with Gasteiger partial charge in [-0.2, -0.15) is 0 Å². The molecule has 3 nitrogen and oxygen atoms in total. The lowest BCUT2D eigenvalue weighted by atomic mass is 10.1. The van der Waals surface area contributed by atoms with Gasteiger partial charge in [-0.3, -0.25) is 4.90 Å². The molecule has 1 aromatic heterocycles. The number of benzene rings is 1. The second kappa shape index (κ2) is 7.90. The van der Waals surface area contributed by atoms with Gasteiger partial charge in [-0.25, -0.2) is 4.98 Å². The Morgan fingerprint density at radius 1 is 1.24 bits per heavy atom. The van der Waals surface area contributed by atoms with Gasteiger partial charge in [0, 0.05) is 23.5 Å². The maximum absolute atomic E-state index is 4.78. The van der Waals surface area contributed by atoms with Crippen molar-refractivity contribution in [3.8, 4) is 10.6 Å². The lowest BCUT2D eigenvalue weighted by Crippen LogP contribution is -2.40. The fraction of sp³-hybridized carbons (Fsp3) is 0.438. The van der Waals surface area contributed by atoms with Gasteiger partial charge in [-0.05, 0) is 33.0 Å². The highest BCUT2D eigenvalue weighted by atomic mass is 35.5. The summed E-state index contributed by atoms with van der Waals surface area (Å²) >= 11 is 1.74. The molecule has 2 aromatic rings. The molecule has 3 rings (SSSR count). The number of aromatic nitrogens is 1. The van der Waals surface area contributed by atoms with Crippen LogP contribution >= 0.6 is 23.7 Å². The number of nitrogens with one attached hydrogen (secondary N) is 1. The number of hydrogen-bond donors (Lipinski definition) is 1. The quantitative estimate of drug-likeness (QED) is 0.934. The minimum absolute atomic E-state index is 0. The molecule has 114 valence electrons. The SMILES string of the molecule is CN(Cc1csc(-c2ccccc2)n1)C1CCNCC1.Cl. The topological polar surface area (TPSA) is 28.2 Å². The van der Waals surface area contributed by atoms with Crippen LogP contribution in [-0.2, 0) is 6.54 Å². The van der Waals surface area contributed by atoms with Crippen LogP contribution in [0.1, 0.15) is 18.5 Å². The molecule has 21 heavy (non-hydrogen) atoms. The van der Waals surface area contributed by atoms with Crippen LogP contribution in [0.5, 0.6) is 0 Å². The molecule has 1 aromatic carbocycles. The largest absolute Gasteiger partial charge is 0.317 e. The Labute approximate surface area is 136 Å². The molecule has 0 aliphatic carbocycles. The Morgan fingerprint density at radius 3 is 2.67 bits per heavy atom. The zero-order valence-corrected chi connectivity index (χ0v) is 13.9. The van der Waals surface area contributed by atoms with Gasteiger partial charge in [-0.15, -0.1) is 23.7 Å². The molecule has 2 heterocycles. The maximum Gasteiger partial charge on any atom is 0.123 e. The van der Waals surface area contributed by atoms with Crippen molar-refractivity contribution in [2.75, 3.05) is 20.1 Å². The monoisotopic (exact) mass is 323 g/mol. The molecule has 0 atom stereocenters. The summed E-state index contributed by atoms with van der Waals surface area (Å²) in [7, 11) is 2.22. The lowest BCUT2D eigenvalue weighted by molar-refractivity contribution is 0.190. The summed E-state index contributed by atoms with van der Waals surface area (Å²) in [4.78, 5) is 7.23. The predicted octanol–water partition coefficient (Wildman–Crippen LogP) is 3.42. The van der Waals surface area contributed by atoms with Crippen molar-refractivity contribution in [1.29, 1.82) is 0 Å². The Kier molecular flexibility index (Phi) is 6.18. The Bertz CT molecular complexity index is 537. The van der Waals surface area contributed by atoms with E-state index in [1.54, 1.807) is 11.3 Å². The van der Waals surface area contributed by atoms with E-state index in [2.05, 4.69) is 46.9 Å². The highest BCUT2D eigenvalue weighted by Gasteiger charge is 2.18. The van der Waals surface area contributed by atoms with Crippen LogP contribution in [0.15, 0.2) is 35.7 Å². The summed E-state index contributed by atoms with van der Waals surface area (Å²) in [5.41, 5.74) is 2.41. The maximum atomic E-state index is 4.78. The molecule has 0 spiro atoms. The van der Waals surface area contributed by atoms with Crippen molar-refractivity contribution < 1.29 is 0 Å². The van der Waals surface area contributed by atoms with Crippen LogP contribution < -0.4 is 5.32 Å². The van der Waals surface area contributed by atoms with E-state index in [9.17, 15) is 0 Å². The molecule has 0 amide bonds. The highest BCUT2D eigenvalue weighted by molar-refractivity contribution is 7.13. The number of nitrogens with zero attached hydrogens (tertiary/aromatic N) is 2. The van der Waals surface area contributed by atoms with Gasteiger partial charge in [0.15, 0.2) is 0 Å². The van der Waals surface area contributed by atoms with Gasteiger partial charge >= 0.3 is 0 Å². The summed E-state index contributed by atoms with van der Waals surface area (Å²) in [6, 6.07) is 11.1. The Hall–Kier alpha value is -0.940. The fourth-order valence-electron chi connectivity index (χ4n) is 2.72. The van der Waals surface area contributed by atoms with Crippen LogP contribution in [0.4, 0.5) is 0 Å². The van der Waals surface area contributed by atoms with Crippen molar-refractivity contribution >= 4 is 23.7 Å². The Balaban J connectivity index is 0.00000161. The van der Waals surface area contributed by atoms with Gasteiger partial charge in [0.1, 0.15) is 5.01 Å². The van der Waals surface area contributed by atoms with Crippen LogP contribution in [0, 0.1) is 0 Å². The summed E-state index contributed by atoms with van der Waals surface area (Å²) < 4.78 is 0. The lowest BCUT2D eigenvalue weighted by Gasteiger charge is -2.31. The number of halogens is 1. The van der Waals surface area contributed by atoms with Crippen molar-refractivity contribution in [2.45, 2.75) is 25.4 Å². The van der Waals surface area contributed by atoms with E-state index in [0.717, 1.165) is 24.6 Å². The third-order valence-electron chi connectivity index (χ3n) is 3.92. The van der Waals surface area contributed by atoms with E-state index >= 15 is 0 Å². The standard InChI is InChI=1S/C16H21N3S.ClH/c1-19(15-7-9-17-10-8-15)11-14-12-20-16(18-14)13-5-3-2-4-6-13;/h2-6,12,15,17H,7-11H2,1H3;1H. The van der Waals surface area contributed by atoms with Crippen LogP contribution in [0.3, 0.4) is 0 Å². The van der Waals surface area contributed by atoms with Crippen LogP contribution in [0.2, 0.25) is 0 Å². The minimum atomic E-state index is 0. The van der Waals surface area contributed by atoms with Crippen molar-refractivity contribution in [2.24, 2.45) is 0 Å². The molecule has 1 aliphatic rings. The van der Waals surface area contributed by atoms with E-state index in [-0.39, 0.29) is 12.4 Å². The van der Waals surface area contributed by atoms with E-state index in [4.69, 9.17) is 4.98 Å². The molecule has 0 radical (unpaired) electrons. The number of hydrogen-bond acceptors (Lipinski definition) is 4. The third kappa shape index (κ3) is 4.27. The average molecular weight is 324 g/mol. The van der Waals surface area contributed by atoms with Gasteiger partial charge < -0.3 is 5.32 Å². The normalized spacial score (nSPS) is 15.9. The molecular formula is C16H22ClN3S. The highest BCUT2D eigenvalue weighted by Crippen LogP contribution is 2.24. The smallest absolute Gasteiger partial charge is 0.123 e. The van der Waals surface area contributed by atoms with Gasteiger partial charge in [-0.1, -0.05) is 30.3 Å². The summed E-state index contributed by atoms with van der Waals surface area (Å²) in [5, 5.41) is 6.74. The van der Waals surface area contributed by atoms with Crippen molar-refractivity contribution in [3.63, 3.8) is 0 Å². The first-order valence-electron chi connectivity index (χ1n) is 7.24. The van der Waals surface area contributed by atoms with E-state index in [1.165, 1.54) is 24.1 Å². The summed E-state index contributed by atoms with van der Waals surface area (Å²) in [5.74, 6) is 0. The predicted molar refractivity (Wildman–Crippen MR) is 92.2 cm³/mol. The van der Waals surface area contributed by atoms with Crippen molar-refractivity contribution in [1.82, 2.24) is 15.2 Å². The van der Waals surface area contributed by atoms with Gasteiger partial charge in [0.05, 0.1) is 5.69 Å². The van der Waals surface area contributed by atoms with Gasteiger partial charge in [0.25, 0.3) is 0 Å². The van der Waals surface area contributed by atoms with E-state index in [0.29, 0.717) is 6.04 Å². The molecule has 1 aliphatic heterocycles. The molecule has 0 saturated carbocycles. The van der Waals surface area contributed by atoms with Crippen LogP contribution in [-0.4, -0.2) is 36.1 Å². The molecule has 0 bridgehead atoms. The summed E-state index contributed by atoms with van der Waals surface area (Å²) in [6.07, 6.45) is 2.48. The first-order chi connectivity index (χ1) is 9.83. The van der Waals surface area contributed by atoms with Gasteiger partial charge in [0.2, 0.25) is 0 Å².